The van der Waals surface area contributed by atoms with Gasteiger partial charge in [-0.1, -0.05) is 11.3 Å². The van der Waals surface area contributed by atoms with Crippen molar-refractivity contribution < 1.29 is 9.53 Å². The fourth-order valence-corrected chi connectivity index (χ4v) is 3.41. The van der Waals surface area contributed by atoms with Crippen molar-refractivity contribution in [1.29, 1.82) is 0 Å². The van der Waals surface area contributed by atoms with Crippen LogP contribution in [0.1, 0.15) is 30.7 Å². The highest BCUT2D eigenvalue weighted by atomic mass is 32.1. The molecule has 2 aliphatic heterocycles. The number of piperidine rings is 1. The van der Waals surface area contributed by atoms with Gasteiger partial charge in [0, 0.05) is 25.7 Å². The SMILES string of the molecule is Nc1nnc(CNC2CCN(C(=O)C3CCCO3)CC2)s1. The van der Waals surface area contributed by atoms with Crippen LogP contribution in [0.15, 0.2) is 0 Å². The van der Waals surface area contributed by atoms with Crippen LogP contribution in [0.3, 0.4) is 0 Å². The van der Waals surface area contributed by atoms with E-state index in [4.69, 9.17) is 10.5 Å². The van der Waals surface area contributed by atoms with Crippen LogP contribution in [-0.2, 0) is 16.1 Å². The zero-order valence-electron chi connectivity index (χ0n) is 12.0. The number of nitrogens with one attached hydrogen (secondary N) is 1. The maximum atomic E-state index is 12.2. The first kappa shape index (κ1) is 14.7. The molecule has 1 amide bonds. The lowest BCUT2D eigenvalue weighted by Gasteiger charge is -2.33. The summed E-state index contributed by atoms with van der Waals surface area (Å²) in [4.78, 5) is 14.2. The summed E-state index contributed by atoms with van der Waals surface area (Å²) in [6, 6.07) is 0.420. The van der Waals surface area contributed by atoms with Gasteiger partial charge >= 0.3 is 0 Å². The Hall–Kier alpha value is -1.25. The molecule has 2 fully saturated rings. The second-order valence-electron chi connectivity index (χ2n) is 5.52. The van der Waals surface area contributed by atoms with E-state index in [2.05, 4.69) is 15.5 Å². The van der Waals surface area contributed by atoms with Crippen LogP contribution in [0, 0.1) is 0 Å². The number of carbonyl (C=O) groups is 1. The third-order valence-corrected chi connectivity index (χ3v) is 4.79. The topological polar surface area (TPSA) is 93.4 Å². The van der Waals surface area contributed by atoms with Gasteiger partial charge in [-0.25, -0.2) is 0 Å². The normalized spacial score (nSPS) is 23.6. The standard InChI is InChI=1S/C13H21N5O2S/c14-13-17-16-11(21-13)8-15-9-3-5-18(6-4-9)12(19)10-2-1-7-20-10/h9-10,15H,1-8H2,(H2,14,17). The minimum Gasteiger partial charge on any atom is -0.374 e. The number of nitrogen functional groups attached to an aromatic ring is 1. The number of hydrogen-bond acceptors (Lipinski definition) is 7. The summed E-state index contributed by atoms with van der Waals surface area (Å²) in [5.74, 6) is 0.169. The number of hydrogen-bond donors (Lipinski definition) is 2. The molecule has 1 aromatic rings. The van der Waals surface area contributed by atoms with Gasteiger partial charge in [-0.3, -0.25) is 4.79 Å². The smallest absolute Gasteiger partial charge is 0.251 e. The Morgan fingerprint density at radius 2 is 2.19 bits per heavy atom. The fourth-order valence-electron chi connectivity index (χ4n) is 2.85. The third-order valence-electron chi connectivity index (χ3n) is 4.04. The summed E-state index contributed by atoms with van der Waals surface area (Å²) < 4.78 is 5.47. The van der Waals surface area contributed by atoms with Gasteiger partial charge in [0.2, 0.25) is 5.13 Å². The highest BCUT2D eigenvalue weighted by Crippen LogP contribution is 2.19. The van der Waals surface area contributed by atoms with E-state index in [-0.39, 0.29) is 12.0 Å². The number of nitrogens with two attached hydrogens (primary N) is 1. The third kappa shape index (κ3) is 3.69. The van der Waals surface area contributed by atoms with E-state index in [0.29, 0.717) is 17.7 Å². The number of ether oxygens (including phenoxy) is 1. The van der Waals surface area contributed by atoms with E-state index in [9.17, 15) is 4.79 Å². The predicted octanol–water partition coefficient (Wildman–Crippen LogP) is 0.380. The molecule has 2 saturated heterocycles. The molecule has 0 bridgehead atoms. The first-order valence-electron chi connectivity index (χ1n) is 7.44. The summed E-state index contributed by atoms with van der Waals surface area (Å²) in [5.41, 5.74) is 5.56. The van der Waals surface area contributed by atoms with Crippen LogP contribution in [0.2, 0.25) is 0 Å². The van der Waals surface area contributed by atoms with Crippen molar-refractivity contribution in [2.24, 2.45) is 0 Å². The molecule has 0 spiro atoms. The second kappa shape index (κ2) is 6.67. The largest absolute Gasteiger partial charge is 0.374 e. The summed E-state index contributed by atoms with van der Waals surface area (Å²) in [7, 11) is 0. The molecule has 3 heterocycles. The Kier molecular flexibility index (Phi) is 4.67. The van der Waals surface area contributed by atoms with Gasteiger partial charge < -0.3 is 20.7 Å². The fraction of sp³-hybridized carbons (Fsp3) is 0.769. The van der Waals surface area contributed by atoms with E-state index >= 15 is 0 Å². The molecule has 3 N–H and O–H groups in total. The van der Waals surface area contributed by atoms with Gasteiger partial charge in [0.1, 0.15) is 11.1 Å². The van der Waals surface area contributed by atoms with Crippen LogP contribution in [0.5, 0.6) is 0 Å². The van der Waals surface area contributed by atoms with Gasteiger partial charge in [0.25, 0.3) is 5.91 Å². The number of anilines is 1. The van der Waals surface area contributed by atoms with Crippen LogP contribution < -0.4 is 11.1 Å². The van der Waals surface area contributed by atoms with Gasteiger partial charge in [0.05, 0.1) is 6.54 Å². The molecule has 3 rings (SSSR count). The number of nitrogens with zero attached hydrogens (tertiary/aromatic N) is 3. The first-order chi connectivity index (χ1) is 10.2. The molecule has 116 valence electrons. The van der Waals surface area contributed by atoms with Gasteiger partial charge in [0.15, 0.2) is 0 Å². The maximum Gasteiger partial charge on any atom is 0.251 e. The number of likely N-dealkylation sites (tertiary alicyclic amines) is 1. The molecular formula is C13H21N5O2S. The number of aromatic nitrogens is 2. The minimum atomic E-state index is -0.195. The molecule has 0 aliphatic carbocycles. The van der Waals surface area contributed by atoms with E-state index in [1.54, 1.807) is 0 Å². The first-order valence-corrected chi connectivity index (χ1v) is 8.25. The number of carbonyl (C=O) groups excluding carboxylic acids is 1. The second-order valence-corrected chi connectivity index (χ2v) is 6.61. The average Bonchev–Trinajstić information content (AvgIpc) is 3.16. The molecule has 0 aromatic carbocycles. The molecule has 7 nitrogen and oxygen atoms in total. The Balaban J connectivity index is 1.41. The van der Waals surface area contributed by atoms with Crippen LogP contribution in [0.4, 0.5) is 5.13 Å². The predicted molar refractivity (Wildman–Crippen MR) is 79.7 cm³/mol. The number of rotatable bonds is 4. The molecule has 1 atom stereocenters. The van der Waals surface area contributed by atoms with Crippen molar-refractivity contribution in [2.75, 3.05) is 25.4 Å². The molecule has 0 radical (unpaired) electrons. The molecule has 0 saturated carbocycles. The Labute approximate surface area is 127 Å². The summed E-state index contributed by atoms with van der Waals surface area (Å²) in [6.07, 6.45) is 3.60. The summed E-state index contributed by atoms with van der Waals surface area (Å²) in [5, 5.41) is 12.7. The van der Waals surface area contributed by atoms with Crippen LogP contribution in [-0.4, -0.2) is 52.8 Å². The van der Waals surface area contributed by atoms with Gasteiger partial charge in [-0.05, 0) is 25.7 Å². The number of amides is 1. The van der Waals surface area contributed by atoms with Gasteiger partial charge in [-0.2, -0.15) is 0 Å². The highest BCUT2D eigenvalue weighted by molar-refractivity contribution is 7.15. The maximum absolute atomic E-state index is 12.2. The minimum absolute atomic E-state index is 0.169. The van der Waals surface area contributed by atoms with Crippen molar-refractivity contribution in [3.05, 3.63) is 5.01 Å². The molecule has 1 unspecified atom stereocenters. The molecule has 1 aromatic heterocycles. The lowest BCUT2D eigenvalue weighted by molar-refractivity contribution is -0.142. The van der Waals surface area contributed by atoms with E-state index in [1.165, 1.54) is 11.3 Å². The Morgan fingerprint density at radius 1 is 1.38 bits per heavy atom. The molecule has 8 heteroatoms. The van der Waals surface area contributed by atoms with E-state index in [0.717, 1.165) is 50.4 Å². The van der Waals surface area contributed by atoms with Crippen molar-refractivity contribution in [3.63, 3.8) is 0 Å². The molecule has 21 heavy (non-hydrogen) atoms. The lowest BCUT2D eigenvalue weighted by atomic mass is 10.0. The van der Waals surface area contributed by atoms with Crippen molar-refractivity contribution in [3.8, 4) is 0 Å². The summed E-state index contributed by atoms with van der Waals surface area (Å²) >= 11 is 1.41. The van der Waals surface area contributed by atoms with E-state index < -0.39 is 0 Å². The molecular weight excluding hydrogens is 290 g/mol. The van der Waals surface area contributed by atoms with E-state index in [1.807, 2.05) is 4.90 Å². The monoisotopic (exact) mass is 311 g/mol. The quantitative estimate of drug-likeness (QED) is 0.835. The van der Waals surface area contributed by atoms with Crippen molar-refractivity contribution >= 4 is 22.4 Å². The zero-order chi connectivity index (χ0) is 14.7. The van der Waals surface area contributed by atoms with Crippen molar-refractivity contribution in [2.45, 2.75) is 44.4 Å². The molecule has 2 aliphatic rings. The van der Waals surface area contributed by atoms with Gasteiger partial charge in [-0.15, -0.1) is 10.2 Å². The highest BCUT2D eigenvalue weighted by Gasteiger charge is 2.30. The average molecular weight is 311 g/mol. The Bertz CT molecular complexity index is 481. The van der Waals surface area contributed by atoms with Crippen molar-refractivity contribution in [1.82, 2.24) is 20.4 Å². The Morgan fingerprint density at radius 3 is 2.81 bits per heavy atom. The lowest BCUT2D eigenvalue weighted by Crippen LogP contribution is -2.47. The van der Waals surface area contributed by atoms with Crippen LogP contribution >= 0.6 is 11.3 Å². The summed E-state index contributed by atoms with van der Waals surface area (Å²) in [6.45, 7) is 3.02. The van der Waals surface area contributed by atoms with Crippen LogP contribution in [0.25, 0.3) is 0 Å². The zero-order valence-corrected chi connectivity index (χ0v) is 12.8.